The molecule has 4 aliphatic heterocycles. The van der Waals surface area contributed by atoms with E-state index < -0.39 is 0 Å². The average Bonchev–Trinajstić information content (AvgIpc) is 4.15. The zero-order valence-corrected chi connectivity index (χ0v) is 42.1. The van der Waals surface area contributed by atoms with Crippen molar-refractivity contribution < 1.29 is 0 Å². The largest absolute Gasteiger partial charge is 0.371 e. The number of hydrogen-bond acceptors (Lipinski definition) is 8. The third-order valence-corrected chi connectivity index (χ3v) is 14.7. The van der Waals surface area contributed by atoms with Crippen LogP contribution in [0.25, 0.3) is 45.6 Å². The summed E-state index contributed by atoms with van der Waals surface area (Å²) in [7, 11) is 2.27. The number of rotatable bonds is 8. The molecular weight excluding hydrogens is 905 g/mol. The Morgan fingerprint density at radius 1 is 0.243 bits per heavy atom. The molecule has 0 aliphatic carbocycles. The molecule has 0 spiro atoms. The first kappa shape index (κ1) is 46.2. The number of likely N-dealkylation sites (N-methyl/N-ethyl adjacent to an activating group) is 1. The highest BCUT2D eigenvalue weighted by Crippen LogP contribution is 2.44. The average molecular weight is 967 g/mol. The standard InChI is InChI=1S/C66H62N8/c1-68-42-43-69-48-73(65(57-38-22-8-23-39-57)62(69)54-32-16-5-17-33-54)50-74-49-71(63(55-34-18-6-19-35-55)66(74)58-40-24-9-25-41-58)45-44-70-47-72(64(56-36-20-7-21-37-56)61(70)53-30-14-4-15-31-53)46-67-59(51-26-10-2-11-27-51)60(68)52-28-12-3-13-29-52/h2-41,67H,42-50H2,1H3. The number of fused-ring (bicyclic) bond motifs is 6. The maximum absolute atomic E-state index is 4.15. The first-order valence-corrected chi connectivity index (χ1v) is 26.0. The van der Waals surface area contributed by atoms with Crippen molar-refractivity contribution >= 4 is 45.6 Å². The SMILES string of the molecule is CN1CCN2CN(CN3CN(CCN4CN(CNC(c5ccccc5)=C1c1ccccc1)C(c1ccccc1)=C4c1ccccc1)C(c1ccccc1)=C3c1ccccc1)C(c1ccccc1)=C2c1ccccc1. The van der Waals surface area contributed by atoms with Gasteiger partial charge in [0.2, 0.25) is 0 Å². The van der Waals surface area contributed by atoms with E-state index in [0.29, 0.717) is 20.0 Å². The van der Waals surface area contributed by atoms with Crippen molar-refractivity contribution in [2.45, 2.75) is 0 Å². The third-order valence-electron chi connectivity index (χ3n) is 14.7. The molecule has 4 aliphatic rings. The normalized spacial score (nSPS) is 16.7. The van der Waals surface area contributed by atoms with E-state index in [9.17, 15) is 0 Å². The van der Waals surface area contributed by atoms with Gasteiger partial charge in [0.25, 0.3) is 0 Å². The Balaban J connectivity index is 1.06. The van der Waals surface area contributed by atoms with Gasteiger partial charge in [0.15, 0.2) is 0 Å². The van der Waals surface area contributed by atoms with E-state index in [1.54, 1.807) is 0 Å². The highest BCUT2D eigenvalue weighted by molar-refractivity contribution is 5.94. The summed E-state index contributed by atoms with van der Waals surface area (Å²) in [5.41, 5.74) is 19.3. The van der Waals surface area contributed by atoms with E-state index in [0.717, 1.165) is 56.5 Å². The van der Waals surface area contributed by atoms with Gasteiger partial charge in [-0.15, -0.1) is 0 Å². The maximum Gasteiger partial charge on any atom is 0.0939 e. The monoisotopic (exact) mass is 967 g/mol. The van der Waals surface area contributed by atoms with Gasteiger partial charge in [0, 0.05) is 49.9 Å². The van der Waals surface area contributed by atoms with Gasteiger partial charge in [0.05, 0.1) is 78.9 Å². The van der Waals surface area contributed by atoms with Crippen LogP contribution in [0.3, 0.4) is 0 Å². The zero-order valence-electron chi connectivity index (χ0n) is 42.1. The molecule has 8 aromatic carbocycles. The van der Waals surface area contributed by atoms with E-state index >= 15 is 0 Å². The Morgan fingerprint density at radius 2 is 0.473 bits per heavy atom. The molecule has 0 atom stereocenters. The summed E-state index contributed by atoms with van der Waals surface area (Å²) in [5.74, 6) is 0. The highest BCUT2D eigenvalue weighted by Gasteiger charge is 2.38. The van der Waals surface area contributed by atoms with E-state index in [4.69, 9.17) is 0 Å². The fraction of sp³-hybridized carbons (Fsp3) is 0.152. The second-order valence-electron chi connectivity index (χ2n) is 19.5. The molecule has 74 heavy (non-hydrogen) atoms. The molecule has 366 valence electrons. The second kappa shape index (κ2) is 21.1. The number of nitrogens with one attached hydrogen (secondary N) is 1. The van der Waals surface area contributed by atoms with Gasteiger partial charge in [-0.1, -0.05) is 243 Å². The van der Waals surface area contributed by atoms with Crippen LogP contribution < -0.4 is 5.32 Å². The van der Waals surface area contributed by atoms with Crippen molar-refractivity contribution in [2.75, 3.05) is 66.6 Å². The predicted molar refractivity (Wildman–Crippen MR) is 305 cm³/mol. The van der Waals surface area contributed by atoms with Crippen molar-refractivity contribution in [3.05, 3.63) is 287 Å². The molecule has 0 saturated heterocycles. The van der Waals surface area contributed by atoms with Gasteiger partial charge < -0.3 is 39.6 Å². The zero-order chi connectivity index (χ0) is 49.6. The quantitative estimate of drug-likeness (QED) is 0.161. The molecule has 8 nitrogen and oxygen atoms in total. The van der Waals surface area contributed by atoms with Crippen LogP contribution in [0, 0.1) is 0 Å². The van der Waals surface area contributed by atoms with Crippen molar-refractivity contribution in [1.29, 1.82) is 0 Å². The molecule has 8 aromatic rings. The fourth-order valence-corrected chi connectivity index (χ4v) is 11.4. The number of hydrogen-bond donors (Lipinski definition) is 1. The van der Waals surface area contributed by atoms with Crippen LogP contribution in [0.2, 0.25) is 0 Å². The van der Waals surface area contributed by atoms with Crippen LogP contribution >= 0.6 is 0 Å². The molecule has 12 rings (SSSR count). The summed E-state index contributed by atoms with van der Waals surface area (Å²) in [6.07, 6.45) is 0. The topological polar surface area (TPSA) is 34.7 Å². The fourth-order valence-electron chi connectivity index (χ4n) is 11.4. The smallest absolute Gasteiger partial charge is 0.0939 e. The Hall–Kier alpha value is -8.88. The molecule has 6 bridgehead atoms. The van der Waals surface area contributed by atoms with Gasteiger partial charge in [-0.05, 0) is 27.8 Å². The molecule has 1 N–H and O–H groups in total. The van der Waals surface area contributed by atoms with E-state index in [2.05, 4.69) is 289 Å². The molecule has 0 aromatic heterocycles. The van der Waals surface area contributed by atoms with Crippen LogP contribution in [0.5, 0.6) is 0 Å². The van der Waals surface area contributed by atoms with Crippen LogP contribution in [-0.4, -0.2) is 101 Å². The Labute approximate surface area is 436 Å². The lowest BCUT2D eigenvalue weighted by atomic mass is 10.0. The van der Waals surface area contributed by atoms with Crippen molar-refractivity contribution in [2.24, 2.45) is 0 Å². The second-order valence-corrected chi connectivity index (χ2v) is 19.5. The third kappa shape index (κ3) is 9.27. The molecule has 8 heteroatoms. The predicted octanol–water partition coefficient (Wildman–Crippen LogP) is 12.3. The van der Waals surface area contributed by atoms with E-state index in [1.165, 1.54) is 73.1 Å². The van der Waals surface area contributed by atoms with Gasteiger partial charge in [-0.2, -0.15) is 0 Å². The van der Waals surface area contributed by atoms with Crippen LogP contribution in [0.4, 0.5) is 0 Å². The summed E-state index contributed by atoms with van der Waals surface area (Å²) in [5, 5.41) is 4.15. The lowest BCUT2D eigenvalue weighted by Crippen LogP contribution is -2.40. The van der Waals surface area contributed by atoms with Crippen LogP contribution in [0.15, 0.2) is 243 Å². The van der Waals surface area contributed by atoms with Crippen molar-refractivity contribution in [3.63, 3.8) is 0 Å². The van der Waals surface area contributed by atoms with Crippen LogP contribution in [0.1, 0.15) is 44.5 Å². The van der Waals surface area contributed by atoms with Gasteiger partial charge in [0.1, 0.15) is 0 Å². The first-order valence-electron chi connectivity index (χ1n) is 26.0. The molecular formula is C66H62N8. The van der Waals surface area contributed by atoms with Gasteiger partial charge >= 0.3 is 0 Å². The van der Waals surface area contributed by atoms with E-state index in [1.807, 2.05) is 0 Å². The summed E-state index contributed by atoms with van der Waals surface area (Å²) in [4.78, 5) is 18.2. The van der Waals surface area contributed by atoms with Crippen LogP contribution in [-0.2, 0) is 0 Å². The first-order chi connectivity index (χ1) is 36.7. The lowest BCUT2D eigenvalue weighted by molar-refractivity contribution is 0.170. The van der Waals surface area contributed by atoms with Crippen molar-refractivity contribution in [1.82, 2.24) is 39.6 Å². The summed E-state index contributed by atoms with van der Waals surface area (Å²) < 4.78 is 0. The van der Waals surface area contributed by atoms with E-state index in [-0.39, 0.29) is 0 Å². The minimum atomic E-state index is 0.582. The minimum absolute atomic E-state index is 0.582. The van der Waals surface area contributed by atoms with Gasteiger partial charge in [-0.3, -0.25) is 0 Å². The molecule has 0 fully saturated rings. The number of nitrogens with zero attached hydrogens (tertiary/aromatic N) is 7. The molecule has 0 radical (unpaired) electrons. The summed E-state index contributed by atoms with van der Waals surface area (Å²) in [6, 6.07) is 88.2. The van der Waals surface area contributed by atoms with Crippen molar-refractivity contribution in [3.8, 4) is 0 Å². The molecule has 0 amide bonds. The molecule has 4 heterocycles. The van der Waals surface area contributed by atoms with Gasteiger partial charge in [-0.25, -0.2) is 0 Å². The summed E-state index contributed by atoms with van der Waals surface area (Å²) >= 11 is 0. The number of benzene rings is 8. The Kier molecular flexibility index (Phi) is 13.2. The summed E-state index contributed by atoms with van der Waals surface area (Å²) in [6.45, 7) is 6.60. The highest BCUT2D eigenvalue weighted by atomic mass is 15.5. The maximum atomic E-state index is 4.15. The molecule has 0 saturated carbocycles. The molecule has 0 unspecified atom stereocenters. The Morgan fingerprint density at radius 3 is 0.797 bits per heavy atom. The minimum Gasteiger partial charge on any atom is -0.371 e. The Bertz CT molecular complexity index is 3290. The lowest BCUT2D eigenvalue weighted by Gasteiger charge is -2.33.